The summed E-state index contributed by atoms with van der Waals surface area (Å²) in [5, 5.41) is 51.7. The number of benzene rings is 4. The maximum atomic E-state index is 11.9. The fourth-order valence-corrected chi connectivity index (χ4v) is 9.20. The zero-order valence-electron chi connectivity index (χ0n) is 34.9. The van der Waals surface area contributed by atoms with Crippen LogP contribution in [0.4, 0.5) is 11.4 Å². The van der Waals surface area contributed by atoms with Crippen molar-refractivity contribution in [1.82, 2.24) is 19.6 Å². The van der Waals surface area contributed by atoms with Gasteiger partial charge in [0.15, 0.2) is 19.7 Å². The van der Waals surface area contributed by atoms with Crippen molar-refractivity contribution in [3.8, 4) is 34.6 Å². The third-order valence-corrected chi connectivity index (χ3v) is 13.5. The molecule has 0 amide bonds. The number of sulfone groups is 2. The van der Waals surface area contributed by atoms with Gasteiger partial charge in [-0.2, -0.15) is 10.2 Å². The molecule has 2 aliphatic rings. The zero-order chi connectivity index (χ0) is 44.0. The van der Waals surface area contributed by atoms with Crippen LogP contribution in [0.3, 0.4) is 0 Å². The number of aromatic hydroxyl groups is 4. The van der Waals surface area contributed by atoms with E-state index in [1.807, 2.05) is 60.7 Å². The summed E-state index contributed by atoms with van der Waals surface area (Å²) >= 11 is 0. The molecule has 0 spiro atoms. The van der Waals surface area contributed by atoms with Crippen molar-refractivity contribution < 1.29 is 54.0 Å². The van der Waals surface area contributed by atoms with Crippen LogP contribution < -0.4 is 0 Å². The van der Waals surface area contributed by atoms with Gasteiger partial charge in [-0.15, -0.1) is 0 Å². The van der Waals surface area contributed by atoms with Crippen molar-refractivity contribution in [2.45, 2.75) is 85.8 Å². The Labute approximate surface area is 377 Å². The molecule has 333 valence electrons. The molecule has 63 heavy (non-hydrogen) atoms. The molecule has 4 aromatic carbocycles. The van der Waals surface area contributed by atoms with Crippen LogP contribution >= 0.6 is 0 Å². The van der Waals surface area contributed by atoms with Crippen LogP contribution in [0, 0.1) is 0 Å². The van der Waals surface area contributed by atoms with Crippen LogP contribution in [-0.4, -0.2) is 81.8 Å². The summed E-state index contributed by atoms with van der Waals surface area (Å²) in [6.45, 7) is 0. The first-order valence-corrected chi connectivity index (χ1v) is 24.4. The van der Waals surface area contributed by atoms with Gasteiger partial charge in [-0.25, -0.2) is 26.2 Å². The summed E-state index contributed by atoms with van der Waals surface area (Å²) in [4.78, 5) is 8.77. The van der Waals surface area contributed by atoms with Crippen LogP contribution in [0.15, 0.2) is 117 Å². The van der Waals surface area contributed by atoms with Crippen LogP contribution in [0.1, 0.15) is 98.6 Å². The van der Waals surface area contributed by atoms with Crippen LogP contribution in [0.5, 0.6) is 23.3 Å². The van der Waals surface area contributed by atoms with E-state index in [0.29, 0.717) is 11.1 Å². The number of nitrogens with zero attached hydrogens (tertiary/aromatic N) is 6. The molecule has 2 fully saturated rings. The molecule has 6 aromatic rings. The van der Waals surface area contributed by atoms with Crippen molar-refractivity contribution >= 4 is 43.5 Å². The van der Waals surface area contributed by atoms with Gasteiger partial charge in [-0.05, 0) is 86.3 Å². The van der Waals surface area contributed by atoms with E-state index < -0.39 is 19.7 Å². The van der Waals surface area contributed by atoms with E-state index >= 15 is 0 Å². The van der Waals surface area contributed by atoms with Gasteiger partial charge in [0.1, 0.15) is 22.9 Å². The molecule has 0 unspecified atom stereocenters. The van der Waals surface area contributed by atoms with Gasteiger partial charge < -0.3 is 20.4 Å². The molecule has 0 saturated heterocycles. The van der Waals surface area contributed by atoms with Crippen LogP contribution in [-0.2, 0) is 36.5 Å². The Morgan fingerprint density at radius 2 is 0.889 bits per heavy atom. The number of aliphatic imine (C=N–C) groups is 2. The summed E-state index contributed by atoms with van der Waals surface area (Å²) in [7, 11) is -6.88. The number of rotatable bonds is 10. The first-order chi connectivity index (χ1) is 29.7. The standard InChI is InChI=1S/2C23H25N3O4S.Co/c2*1-31(29,30)18-12-13-21(27)20(14-18)24-15-19-22(16-8-4-2-5-9-16)25-26(23(19)28)17-10-6-3-7-11-17;/h2*3,6-7,10-16,27-28H,2,4-5,8-9H2,1H3;. The Bertz CT molecular complexity index is 2620. The SMILES string of the molecule is CS(=O)(=O)c1ccc(O)c(N=Cc2c(C3CCCCC3)nn(-c3ccccc3)c2O)c1.CS(=O)(=O)c1ccc(O)c(N=Cc2c(C3CCCCC3)nn(-c3ccccc3)c2O)c1.[Co]. The summed E-state index contributed by atoms with van der Waals surface area (Å²) in [6, 6.07) is 26.6. The molecule has 14 nitrogen and oxygen atoms in total. The summed E-state index contributed by atoms with van der Waals surface area (Å²) in [5.41, 5.74) is 4.21. The average molecular weight is 938 g/mol. The van der Waals surface area contributed by atoms with Gasteiger partial charge in [-0.3, -0.25) is 9.98 Å². The molecule has 1 radical (unpaired) electrons. The molecule has 17 heteroatoms. The Morgan fingerprint density at radius 3 is 1.22 bits per heavy atom. The molecule has 8 rings (SSSR count). The van der Waals surface area contributed by atoms with Crippen LogP contribution in [0.2, 0.25) is 0 Å². The second kappa shape index (κ2) is 20.2. The number of hydrogen-bond acceptors (Lipinski definition) is 12. The quantitative estimate of drug-likeness (QED) is 0.0958. The van der Waals surface area contributed by atoms with Crippen molar-refractivity contribution in [2.75, 3.05) is 12.5 Å². The fraction of sp³-hybridized carbons (Fsp3) is 0.304. The minimum atomic E-state index is -3.44. The van der Waals surface area contributed by atoms with Crippen molar-refractivity contribution in [3.05, 3.63) is 120 Å². The van der Waals surface area contributed by atoms with Crippen LogP contribution in [0.25, 0.3) is 11.4 Å². The second-order valence-corrected chi connectivity index (χ2v) is 19.8. The second-order valence-electron chi connectivity index (χ2n) is 15.8. The smallest absolute Gasteiger partial charge is 0.223 e. The van der Waals surface area contributed by atoms with E-state index in [2.05, 4.69) is 9.98 Å². The van der Waals surface area contributed by atoms with Gasteiger partial charge in [0.2, 0.25) is 11.8 Å². The van der Waals surface area contributed by atoms with Crippen molar-refractivity contribution in [3.63, 3.8) is 0 Å². The van der Waals surface area contributed by atoms with E-state index in [1.165, 1.54) is 71.0 Å². The number of aromatic nitrogens is 4. The number of phenols is 2. The predicted octanol–water partition coefficient (Wildman–Crippen LogP) is 8.97. The van der Waals surface area contributed by atoms with E-state index in [-0.39, 0.29) is 73.0 Å². The minimum Gasteiger partial charge on any atom is -0.506 e. The first kappa shape index (κ1) is 46.7. The molecule has 2 saturated carbocycles. The zero-order valence-corrected chi connectivity index (χ0v) is 37.5. The topological polar surface area (TPSA) is 210 Å². The molecular formula is C46H50CoN6O8S2. The first-order valence-electron chi connectivity index (χ1n) is 20.6. The number of phenolic OH excluding ortho intramolecular Hbond substituents is 2. The number of hydrogen-bond donors (Lipinski definition) is 4. The predicted molar refractivity (Wildman–Crippen MR) is 239 cm³/mol. The monoisotopic (exact) mass is 937 g/mol. The molecule has 2 aromatic heterocycles. The molecule has 4 N–H and O–H groups in total. The van der Waals surface area contributed by atoms with Gasteiger partial charge in [0.05, 0.1) is 43.7 Å². The Balaban J connectivity index is 0.000000206. The Kier molecular flexibility index (Phi) is 15.0. The molecule has 0 bridgehead atoms. The largest absolute Gasteiger partial charge is 0.506 e. The molecular weight excluding hydrogens is 888 g/mol. The molecule has 2 heterocycles. The maximum absolute atomic E-state index is 11.9. The van der Waals surface area contributed by atoms with Gasteiger partial charge in [0, 0.05) is 53.6 Å². The fourth-order valence-electron chi connectivity index (χ4n) is 7.92. The summed E-state index contributed by atoms with van der Waals surface area (Å²) in [6.07, 6.45) is 15.9. The average Bonchev–Trinajstić information content (AvgIpc) is 3.78. The van der Waals surface area contributed by atoms with Crippen molar-refractivity contribution in [1.29, 1.82) is 0 Å². The van der Waals surface area contributed by atoms with E-state index in [0.717, 1.165) is 86.6 Å². The van der Waals surface area contributed by atoms with E-state index in [4.69, 9.17) is 10.2 Å². The summed E-state index contributed by atoms with van der Waals surface area (Å²) in [5.74, 6) is 0.0724. The third kappa shape index (κ3) is 11.1. The Hall–Kier alpha value is -5.75. The number of para-hydroxylation sites is 2. The van der Waals surface area contributed by atoms with Gasteiger partial charge in [0.25, 0.3) is 0 Å². The molecule has 0 atom stereocenters. The van der Waals surface area contributed by atoms with E-state index in [1.54, 1.807) is 0 Å². The minimum absolute atomic E-state index is 0. The molecule has 2 aliphatic carbocycles. The summed E-state index contributed by atoms with van der Waals surface area (Å²) < 4.78 is 50.4. The van der Waals surface area contributed by atoms with Gasteiger partial charge in [-0.1, -0.05) is 74.9 Å². The molecule has 0 aliphatic heterocycles. The van der Waals surface area contributed by atoms with Gasteiger partial charge >= 0.3 is 0 Å². The third-order valence-electron chi connectivity index (χ3n) is 11.3. The van der Waals surface area contributed by atoms with Crippen molar-refractivity contribution in [2.24, 2.45) is 9.98 Å². The Morgan fingerprint density at radius 1 is 0.540 bits per heavy atom. The maximum Gasteiger partial charge on any atom is 0.223 e. The van der Waals surface area contributed by atoms with E-state index in [9.17, 15) is 37.3 Å². The normalized spacial score (nSPS) is 15.3.